The van der Waals surface area contributed by atoms with Crippen LogP contribution >= 0.6 is 22.9 Å². The van der Waals surface area contributed by atoms with Gasteiger partial charge < -0.3 is 9.84 Å². The maximum absolute atomic E-state index is 10.2. The average Bonchev–Trinajstić information content (AvgIpc) is 2.64. The van der Waals surface area contributed by atoms with Crippen molar-refractivity contribution in [3.05, 3.63) is 21.3 Å². The van der Waals surface area contributed by atoms with Crippen LogP contribution in [0.5, 0.6) is 0 Å². The number of rotatable bonds is 5. The van der Waals surface area contributed by atoms with Crippen LogP contribution in [-0.4, -0.2) is 17.3 Å². The molecule has 0 fully saturated rings. The number of aliphatic hydroxyl groups is 1. The van der Waals surface area contributed by atoms with Gasteiger partial charge in [-0.05, 0) is 32.4 Å². The molecule has 15 heavy (non-hydrogen) atoms. The van der Waals surface area contributed by atoms with Gasteiger partial charge in [-0.1, -0.05) is 18.5 Å². The molecule has 0 bridgehead atoms. The SMILES string of the molecule is CCOC(C)(CC)C(O)c1ccc(Cl)s1. The van der Waals surface area contributed by atoms with Gasteiger partial charge >= 0.3 is 0 Å². The minimum absolute atomic E-state index is 0.525. The third kappa shape index (κ3) is 2.94. The lowest BCUT2D eigenvalue weighted by molar-refractivity contribution is -0.111. The van der Waals surface area contributed by atoms with E-state index in [1.165, 1.54) is 11.3 Å². The molecule has 1 N–H and O–H groups in total. The van der Waals surface area contributed by atoms with Gasteiger partial charge in [0.1, 0.15) is 6.10 Å². The van der Waals surface area contributed by atoms with Gasteiger partial charge in [0.05, 0.1) is 9.94 Å². The molecule has 0 radical (unpaired) electrons. The molecule has 2 unspecified atom stereocenters. The Hall–Kier alpha value is -0.0900. The molecular weight excluding hydrogens is 232 g/mol. The summed E-state index contributed by atoms with van der Waals surface area (Å²) in [5.74, 6) is 0. The lowest BCUT2D eigenvalue weighted by Crippen LogP contribution is -2.35. The first-order valence-corrected chi connectivity index (χ1v) is 6.30. The number of aliphatic hydroxyl groups excluding tert-OH is 1. The van der Waals surface area contributed by atoms with Gasteiger partial charge in [0, 0.05) is 11.5 Å². The monoisotopic (exact) mass is 248 g/mol. The van der Waals surface area contributed by atoms with E-state index in [1.54, 1.807) is 6.07 Å². The minimum atomic E-state index is -0.611. The Labute approximate surface area is 99.8 Å². The van der Waals surface area contributed by atoms with Gasteiger partial charge in [-0.3, -0.25) is 0 Å². The highest BCUT2D eigenvalue weighted by Crippen LogP contribution is 2.36. The predicted molar refractivity (Wildman–Crippen MR) is 64.6 cm³/mol. The van der Waals surface area contributed by atoms with E-state index in [2.05, 4.69) is 0 Å². The molecule has 0 aromatic carbocycles. The van der Waals surface area contributed by atoms with Crippen LogP contribution in [0.3, 0.4) is 0 Å². The normalized spacial score (nSPS) is 17.4. The van der Waals surface area contributed by atoms with E-state index in [-0.39, 0.29) is 0 Å². The van der Waals surface area contributed by atoms with E-state index in [0.29, 0.717) is 10.9 Å². The standard InChI is InChI=1S/C11H17ClO2S/c1-4-11(3,14-5-2)10(13)8-6-7-9(12)15-8/h6-7,10,13H,4-5H2,1-3H3. The molecule has 0 aliphatic rings. The molecule has 1 aromatic heterocycles. The summed E-state index contributed by atoms with van der Waals surface area (Å²) in [6.45, 7) is 6.46. The molecule has 2 atom stereocenters. The Bertz CT molecular complexity index is 313. The van der Waals surface area contributed by atoms with Crippen molar-refractivity contribution in [2.24, 2.45) is 0 Å². The molecule has 0 amide bonds. The molecular formula is C11H17ClO2S. The topological polar surface area (TPSA) is 29.5 Å². The number of hydrogen-bond donors (Lipinski definition) is 1. The quantitative estimate of drug-likeness (QED) is 0.862. The van der Waals surface area contributed by atoms with Crippen LogP contribution in [0.4, 0.5) is 0 Å². The molecule has 0 saturated carbocycles. The van der Waals surface area contributed by atoms with Crippen molar-refractivity contribution < 1.29 is 9.84 Å². The summed E-state index contributed by atoms with van der Waals surface area (Å²) in [6, 6.07) is 3.65. The largest absolute Gasteiger partial charge is 0.385 e. The third-order valence-corrected chi connectivity index (χ3v) is 3.90. The van der Waals surface area contributed by atoms with Gasteiger partial charge in [-0.2, -0.15) is 0 Å². The van der Waals surface area contributed by atoms with Crippen LogP contribution in [0.25, 0.3) is 0 Å². The van der Waals surface area contributed by atoms with Crippen molar-refractivity contribution in [3.63, 3.8) is 0 Å². The summed E-state index contributed by atoms with van der Waals surface area (Å²) >= 11 is 7.24. The zero-order valence-corrected chi connectivity index (χ0v) is 10.9. The van der Waals surface area contributed by atoms with Crippen molar-refractivity contribution >= 4 is 22.9 Å². The Balaban J connectivity index is 2.85. The fraction of sp³-hybridized carbons (Fsp3) is 0.636. The van der Waals surface area contributed by atoms with Crippen LogP contribution in [0.2, 0.25) is 4.34 Å². The van der Waals surface area contributed by atoms with Gasteiger partial charge in [-0.25, -0.2) is 0 Å². The average molecular weight is 249 g/mol. The van der Waals surface area contributed by atoms with E-state index in [9.17, 15) is 5.11 Å². The first kappa shape index (κ1) is 13.0. The number of thiophene rings is 1. The molecule has 0 aliphatic heterocycles. The number of halogens is 1. The van der Waals surface area contributed by atoms with Gasteiger partial charge in [0.15, 0.2) is 0 Å². The Morgan fingerprint density at radius 1 is 1.53 bits per heavy atom. The maximum atomic E-state index is 10.2. The summed E-state index contributed by atoms with van der Waals surface area (Å²) in [6.07, 6.45) is 0.150. The van der Waals surface area contributed by atoms with Gasteiger partial charge in [0.2, 0.25) is 0 Å². The van der Waals surface area contributed by atoms with Crippen LogP contribution in [-0.2, 0) is 4.74 Å². The minimum Gasteiger partial charge on any atom is -0.385 e. The highest BCUT2D eigenvalue weighted by atomic mass is 35.5. The van der Waals surface area contributed by atoms with Gasteiger partial charge in [-0.15, -0.1) is 11.3 Å². The van der Waals surface area contributed by atoms with Crippen LogP contribution in [0, 0.1) is 0 Å². The molecule has 2 nitrogen and oxygen atoms in total. The molecule has 1 aromatic rings. The van der Waals surface area contributed by atoms with E-state index in [0.717, 1.165) is 11.3 Å². The summed E-state index contributed by atoms with van der Waals surface area (Å²) in [5, 5.41) is 10.2. The highest BCUT2D eigenvalue weighted by Gasteiger charge is 2.33. The van der Waals surface area contributed by atoms with Crippen molar-refractivity contribution in [2.75, 3.05) is 6.61 Å². The second-order valence-electron chi connectivity index (χ2n) is 3.64. The van der Waals surface area contributed by atoms with E-state index in [4.69, 9.17) is 16.3 Å². The maximum Gasteiger partial charge on any atom is 0.117 e. The van der Waals surface area contributed by atoms with Crippen molar-refractivity contribution in [3.8, 4) is 0 Å². The summed E-state index contributed by atoms with van der Waals surface area (Å²) in [7, 11) is 0. The Morgan fingerprint density at radius 2 is 2.20 bits per heavy atom. The highest BCUT2D eigenvalue weighted by molar-refractivity contribution is 7.16. The fourth-order valence-electron chi connectivity index (χ4n) is 1.48. The lowest BCUT2D eigenvalue weighted by Gasteiger charge is -2.32. The summed E-state index contributed by atoms with van der Waals surface area (Å²) in [4.78, 5) is 0.859. The molecule has 1 rings (SSSR count). The zero-order valence-electron chi connectivity index (χ0n) is 9.29. The molecule has 0 aliphatic carbocycles. The van der Waals surface area contributed by atoms with E-state index in [1.807, 2.05) is 26.8 Å². The Kier molecular flexibility index (Phi) is 4.59. The molecule has 1 heterocycles. The first-order valence-electron chi connectivity index (χ1n) is 5.10. The summed E-state index contributed by atoms with van der Waals surface area (Å²) in [5.41, 5.74) is -0.525. The molecule has 4 heteroatoms. The van der Waals surface area contributed by atoms with Crippen molar-refractivity contribution in [1.29, 1.82) is 0 Å². The second-order valence-corrected chi connectivity index (χ2v) is 5.39. The molecule has 0 saturated heterocycles. The fourth-order valence-corrected chi connectivity index (χ4v) is 2.67. The molecule has 0 spiro atoms. The van der Waals surface area contributed by atoms with Crippen molar-refractivity contribution in [1.82, 2.24) is 0 Å². The van der Waals surface area contributed by atoms with E-state index >= 15 is 0 Å². The van der Waals surface area contributed by atoms with Crippen LogP contribution < -0.4 is 0 Å². The lowest BCUT2D eigenvalue weighted by atomic mass is 9.94. The number of hydrogen-bond acceptors (Lipinski definition) is 3. The van der Waals surface area contributed by atoms with E-state index < -0.39 is 11.7 Å². The van der Waals surface area contributed by atoms with Gasteiger partial charge in [0.25, 0.3) is 0 Å². The Morgan fingerprint density at radius 3 is 2.60 bits per heavy atom. The second kappa shape index (κ2) is 5.30. The predicted octanol–water partition coefficient (Wildman–Crippen LogP) is 3.64. The summed E-state index contributed by atoms with van der Waals surface area (Å²) < 4.78 is 6.31. The first-order chi connectivity index (χ1) is 7.03. The third-order valence-electron chi connectivity index (χ3n) is 2.62. The van der Waals surface area contributed by atoms with Crippen LogP contribution in [0.15, 0.2) is 12.1 Å². The number of ether oxygens (including phenoxy) is 1. The smallest absolute Gasteiger partial charge is 0.117 e. The van der Waals surface area contributed by atoms with Crippen molar-refractivity contribution in [2.45, 2.75) is 38.9 Å². The zero-order chi connectivity index (χ0) is 11.5. The molecule has 86 valence electrons. The van der Waals surface area contributed by atoms with Crippen LogP contribution in [0.1, 0.15) is 38.2 Å².